The molecule has 1 fully saturated rings. The van der Waals surface area contributed by atoms with E-state index >= 15 is 0 Å². The Morgan fingerprint density at radius 3 is 2.45 bits per heavy atom. The van der Waals surface area contributed by atoms with E-state index in [4.69, 9.17) is 15.2 Å². The van der Waals surface area contributed by atoms with Crippen LogP contribution in [0.25, 0.3) is 0 Å². The summed E-state index contributed by atoms with van der Waals surface area (Å²) in [5.41, 5.74) is 5.54. The van der Waals surface area contributed by atoms with E-state index in [-0.39, 0.29) is 50.3 Å². The predicted octanol–water partition coefficient (Wildman–Crippen LogP) is 0.398. The molecule has 2 amide bonds. The molecule has 1 aliphatic rings. The van der Waals surface area contributed by atoms with Gasteiger partial charge in [0.05, 0.1) is 6.61 Å². The molecule has 3 atom stereocenters. The second kappa shape index (κ2) is 16.6. The number of amides is 2. The van der Waals surface area contributed by atoms with E-state index in [1.165, 1.54) is 6.92 Å². The number of aliphatic hydroxyl groups is 2. The molecular weight excluding hydrogens is 426 g/mol. The van der Waals surface area contributed by atoms with E-state index in [0.717, 1.165) is 19.3 Å². The molecule has 1 heterocycles. The average molecular weight is 468 g/mol. The van der Waals surface area contributed by atoms with Gasteiger partial charge < -0.3 is 35.2 Å². The number of nitrogens with two attached hydrogens (primary N) is 1. The molecule has 0 aromatic heterocycles. The van der Waals surface area contributed by atoms with Gasteiger partial charge in [0.1, 0.15) is 18.3 Å². The first-order valence-electron chi connectivity index (χ1n) is 11.0. The van der Waals surface area contributed by atoms with Crippen molar-refractivity contribution in [3.05, 3.63) is 0 Å². The maximum Gasteiger partial charge on any atom is 0.223 e. The van der Waals surface area contributed by atoms with Gasteiger partial charge in [-0.1, -0.05) is 13.8 Å². The molecule has 1 saturated heterocycles. The molecule has 4 N–H and O–H groups in total. The largest absolute Gasteiger partial charge is 0.388 e. The van der Waals surface area contributed by atoms with Crippen molar-refractivity contribution in [3.63, 3.8) is 0 Å². The Balaban J connectivity index is 0.00000900. The molecule has 0 spiro atoms. The zero-order valence-corrected chi connectivity index (χ0v) is 20.0. The predicted molar refractivity (Wildman–Crippen MR) is 121 cm³/mol. The lowest BCUT2D eigenvalue weighted by Crippen LogP contribution is -2.50. The number of hydrogen-bond donors (Lipinski definition) is 3. The monoisotopic (exact) mass is 467 g/mol. The summed E-state index contributed by atoms with van der Waals surface area (Å²) in [6.45, 7) is 8.12. The van der Waals surface area contributed by atoms with Crippen molar-refractivity contribution in [1.82, 2.24) is 9.80 Å². The van der Waals surface area contributed by atoms with Gasteiger partial charge in [-0.3, -0.25) is 9.59 Å². The summed E-state index contributed by atoms with van der Waals surface area (Å²) in [5.74, 6) is 0.220. The minimum atomic E-state index is -1.18. The van der Waals surface area contributed by atoms with Gasteiger partial charge in [-0.2, -0.15) is 0 Å². The van der Waals surface area contributed by atoms with Crippen molar-refractivity contribution in [2.45, 2.75) is 64.8 Å². The average Bonchev–Trinajstić information content (AvgIpc) is 2.68. The Kier molecular flexibility index (Phi) is 16.1. The topological polar surface area (TPSA) is 126 Å². The van der Waals surface area contributed by atoms with Crippen LogP contribution in [0.3, 0.4) is 0 Å². The van der Waals surface area contributed by atoms with E-state index in [0.29, 0.717) is 38.8 Å². The Bertz CT molecular complexity index is 512. The summed E-state index contributed by atoms with van der Waals surface area (Å²) in [7, 11) is 0. The van der Waals surface area contributed by atoms with Crippen LogP contribution in [0.15, 0.2) is 0 Å². The van der Waals surface area contributed by atoms with Crippen molar-refractivity contribution >= 4 is 24.2 Å². The van der Waals surface area contributed by atoms with Crippen LogP contribution in [-0.4, -0.2) is 103 Å². The van der Waals surface area contributed by atoms with Crippen molar-refractivity contribution in [3.8, 4) is 0 Å². The van der Waals surface area contributed by atoms with Gasteiger partial charge in [0.15, 0.2) is 0 Å². The number of aliphatic hydroxyl groups excluding tert-OH is 2. The van der Waals surface area contributed by atoms with Crippen LogP contribution in [0.5, 0.6) is 0 Å². The highest BCUT2D eigenvalue weighted by atomic mass is 35.5. The zero-order chi connectivity index (χ0) is 22.5. The molecule has 9 nitrogen and oxygen atoms in total. The number of hydrogen-bond acceptors (Lipinski definition) is 7. The van der Waals surface area contributed by atoms with Crippen molar-refractivity contribution in [1.29, 1.82) is 0 Å². The summed E-state index contributed by atoms with van der Waals surface area (Å²) < 4.78 is 11.4. The van der Waals surface area contributed by atoms with Crippen molar-refractivity contribution in [2.75, 3.05) is 52.5 Å². The SMILES string of the molecule is CC(=O)N1CCN(C(=O)CCN)CCCCOC[C@@H](O)[C@@H](O)[C@H](OCCC(C)C)C1.Cl. The third-order valence-electron chi connectivity index (χ3n) is 5.25. The molecule has 0 saturated carbocycles. The Morgan fingerprint density at radius 2 is 1.84 bits per heavy atom. The van der Waals surface area contributed by atoms with Gasteiger partial charge in [-0.05, 0) is 25.2 Å². The van der Waals surface area contributed by atoms with Crippen molar-refractivity contribution in [2.24, 2.45) is 11.7 Å². The fourth-order valence-electron chi connectivity index (χ4n) is 3.25. The molecule has 0 unspecified atom stereocenters. The lowest BCUT2D eigenvalue weighted by molar-refractivity contribution is -0.142. The summed E-state index contributed by atoms with van der Waals surface area (Å²) >= 11 is 0. The fourth-order valence-corrected chi connectivity index (χ4v) is 3.25. The summed E-state index contributed by atoms with van der Waals surface area (Å²) in [4.78, 5) is 27.9. The van der Waals surface area contributed by atoms with E-state index in [2.05, 4.69) is 13.8 Å². The number of carbonyl (C=O) groups is 2. The van der Waals surface area contributed by atoms with E-state index in [1.54, 1.807) is 9.80 Å². The maximum atomic E-state index is 12.4. The lowest BCUT2D eigenvalue weighted by Gasteiger charge is -2.33. The smallest absolute Gasteiger partial charge is 0.223 e. The number of carbonyl (C=O) groups excluding carboxylic acids is 2. The third-order valence-corrected chi connectivity index (χ3v) is 5.25. The zero-order valence-electron chi connectivity index (χ0n) is 19.2. The molecule has 0 aromatic rings. The highest BCUT2D eigenvalue weighted by molar-refractivity contribution is 5.85. The maximum absolute atomic E-state index is 12.4. The number of ether oxygens (including phenoxy) is 2. The number of nitrogens with zero attached hydrogens (tertiary/aromatic N) is 2. The molecule has 10 heteroatoms. The van der Waals surface area contributed by atoms with Crippen LogP contribution >= 0.6 is 12.4 Å². The highest BCUT2D eigenvalue weighted by Crippen LogP contribution is 2.12. The van der Waals surface area contributed by atoms with Crippen molar-refractivity contribution < 1.29 is 29.3 Å². The second-order valence-corrected chi connectivity index (χ2v) is 8.32. The normalized spacial score (nSPS) is 24.4. The minimum absolute atomic E-state index is 0. The van der Waals surface area contributed by atoms with E-state index < -0.39 is 18.3 Å². The lowest BCUT2D eigenvalue weighted by atomic mass is 10.1. The number of halogens is 1. The van der Waals surface area contributed by atoms with E-state index in [9.17, 15) is 19.8 Å². The molecule has 0 bridgehead atoms. The molecule has 0 aliphatic carbocycles. The summed E-state index contributed by atoms with van der Waals surface area (Å²) in [5, 5.41) is 21.0. The van der Waals surface area contributed by atoms with Gasteiger partial charge in [-0.15, -0.1) is 12.4 Å². The first-order chi connectivity index (χ1) is 14.3. The molecule has 0 aromatic carbocycles. The summed E-state index contributed by atoms with van der Waals surface area (Å²) in [6, 6.07) is 0. The van der Waals surface area contributed by atoms with Crippen LogP contribution < -0.4 is 5.73 Å². The molecular formula is C21H42ClN3O6. The first kappa shape index (κ1) is 30.0. The van der Waals surface area contributed by atoms with Crippen LogP contribution in [0, 0.1) is 5.92 Å². The molecule has 0 radical (unpaired) electrons. The van der Waals surface area contributed by atoms with Gasteiger partial charge >= 0.3 is 0 Å². The van der Waals surface area contributed by atoms with E-state index in [1.807, 2.05) is 0 Å². The quantitative estimate of drug-likeness (QED) is 0.516. The third kappa shape index (κ3) is 12.0. The Hall–Kier alpha value is -0.970. The second-order valence-electron chi connectivity index (χ2n) is 8.32. The minimum Gasteiger partial charge on any atom is -0.388 e. The van der Waals surface area contributed by atoms with Crippen LogP contribution in [0.4, 0.5) is 0 Å². The van der Waals surface area contributed by atoms with Crippen LogP contribution in [0.1, 0.15) is 46.5 Å². The molecule has 31 heavy (non-hydrogen) atoms. The molecule has 1 rings (SSSR count). The van der Waals surface area contributed by atoms with Gasteiger partial charge in [0.2, 0.25) is 11.8 Å². The molecule has 1 aliphatic heterocycles. The van der Waals surface area contributed by atoms with Gasteiger partial charge in [0, 0.05) is 59.3 Å². The Morgan fingerprint density at radius 1 is 1.16 bits per heavy atom. The van der Waals surface area contributed by atoms with Crippen LogP contribution in [-0.2, 0) is 19.1 Å². The standard InChI is InChI=1S/C21H41N3O6.ClH/c1-16(2)7-13-30-19-14-24(17(3)25)11-10-23(20(27)6-8-22)9-4-5-12-29-15-18(26)21(19)28;/h16,18-19,21,26,28H,4-15,22H2,1-3H3;1H/t18-,19-,21-;/m1./s1. The Labute approximate surface area is 192 Å². The number of rotatable bonds is 6. The molecule has 184 valence electrons. The van der Waals surface area contributed by atoms with Gasteiger partial charge in [-0.25, -0.2) is 0 Å². The fraction of sp³-hybridized carbons (Fsp3) is 0.905. The summed E-state index contributed by atoms with van der Waals surface area (Å²) in [6.07, 6.45) is -0.497. The highest BCUT2D eigenvalue weighted by Gasteiger charge is 2.30. The van der Waals surface area contributed by atoms with Crippen LogP contribution in [0.2, 0.25) is 0 Å². The van der Waals surface area contributed by atoms with Gasteiger partial charge in [0.25, 0.3) is 0 Å². The first-order valence-corrected chi connectivity index (χ1v) is 11.0.